The van der Waals surface area contributed by atoms with Crippen molar-refractivity contribution in [3.63, 3.8) is 0 Å². The van der Waals surface area contributed by atoms with Crippen molar-refractivity contribution in [2.45, 2.75) is 32.8 Å². The number of hydrogen-bond acceptors (Lipinski definition) is 6. The summed E-state index contributed by atoms with van der Waals surface area (Å²) in [5, 5.41) is 1.37. The third-order valence-corrected chi connectivity index (χ3v) is 4.81. The molecule has 1 heterocycles. The Morgan fingerprint density at radius 1 is 1.20 bits per heavy atom. The molecule has 1 atom stereocenters. The van der Waals surface area contributed by atoms with Crippen molar-refractivity contribution in [2.75, 3.05) is 18.8 Å². The lowest BCUT2D eigenvalue weighted by molar-refractivity contribution is -0.141. The Morgan fingerprint density at radius 2 is 1.93 bits per heavy atom. The van der Waals surface area contributed by atoms with E-state index in [9.17, 15) is 9.59 Å². The Kier molecular flexibility index (Phi) is 6.84. The molecule has 0 amide bonds. The van der Waals surface area contributed by atoms with Crippen LogP contribution in [0.5, 0.6) is 5.75 Å². The van der Waals surface area contributed by atoms with Crippen LogP contribution < -0.4 is 9.80 Å². The number of methoxy groups -OCH3 is 1. The fraction of sp³-hybridized carbons (Fsp3) is 0.304. The van der Waals surface area contributed by atoms with Crippen LogP contribution in [0.25, 0.3) is 5.57 Å². The predicted octanol–water partition coefficient (Wildman–Crippen LogP) is 4.60. The number of benzene rings is 2. The third-order valence-electron chi connectivity index (χ3n) is 4.81. The average molecular weight is 413 g/mol. The van der Waals surface area contributed by atoms with E-state index in [1.807, 2.05) is 19.1 Å². The normalized spacial score (nSPS) is 15.6. The highest BCUT2D eigenvalue weighted by Gasteiger charge is 2.37. The summed E-state index contributed by atoms with van der Waals surface area (Å²) in [5.41, 5.74) is 2.77. The molecular formula is C23H24FNO5. The van der Waals surface area contributed by atoms with Gasteiger partial charge in [0.15, 0.2) is 0 Å². The Hall–Kier alpha value is -3.19. The smallest absolute Gasteiger partial charge is 0.329 e. The first kappa shape index (κ1) is 21.5. The molecule has 1 aliphatic heterocycles. The van der Waals surface area contributed by atoms with Crippen LogP contribution in [0.15, 0.2) is 48.2 Å². The van der Waals surface area contributed by atoms with Crippen LogP contribution in [0.1, 0.15) is 43.9 Å². The van der Waals surface area contributed by atoms with E-state index in [-0.39, 0.29) is 18.6 Å². The number of hydroxylamine groups is 1. The Bertz CT molecular complexity index is 955. The molecule has 158 valence electrons. The minimum Gasteiger partial charge on any atom is -0.497 e. The molecule has 30 heavy (non-hydrogen) atoms. The molecule has 6 nitrogen and oxygen atoms in total. The van der Waals surface area contributed by atoms with E-state index in [0.29, 0.717) is 29.1 Å². The summed E-state index contributed by atoms with van der Waals surface area (Å²) in [4.78, 5) is 28.1. The molecule has 1 unspecified atom stereocenters. The van der Waals surface area contributed by atoms with Gasteiger partial charge in [0, 0.05) is 24.5 Å². The largest absolute Gasteiger partial charge is 0.497 e. The maximum Gasteiger partial charge on any atom is 0.329 e. The molecule has 0 radical (unpaired) electrons. The van der Waals surface area contributed by atoms with E-state index >= 15 is 4.39 Å². The number of carbonyl (C=O) groups is 2. The maximum atomic E-state index is 15.0. The number of carbonyl (C=O) groups excluding carboxylic acids is 2. The van der Waals surface area contributed by atoms with E-state index in [1.54, 1.807) is 31.4 Å². The molecule has 0 saturated carbocycles. The molecule has 0 aliphatic carbocycles. The third kappa shape index (κ3) is 4.21. The summed E-state index contributed by atoms with van der Waals surface area (Å²) in [6.07, 6.45) is 0.674. The standard InChI is InChI=1S/C23H24FNO5/c1-4-19-21(16-9-11-17(28-3)12-10-16)23(29-14-6-13-26)22-18(24)7-5-8-20(22)25(19)30-15(2)27/h5,7-13,23H,4,6,14H2,1-3H3. The number of nitrogens with zero attached hydrogens (tertiary/aromatic N) is 1. The van der Waals surface area contributed by atoms with Crippen LogP contribution in [-0.4, -0.2) is 26.0 Å². The Labute approximate surface area is 174 Å². The van der Waals surface area contributed by atoms with E-state index in [1.165, 1.54) is 18.1 Å². The lowest BCUT2D eigenvalue weighted by Gasteiger charge is -2.37. The van der Waals surface area contributed by atoms with Crippen molar-refractivity contribution in [3.05, 3.63) is 65.1 Å². The van der Waals surface area contributed by atoms with Gasteiger partial charge >= 0.3 is 5.97 Å². The molecule has 7 heteroatoms. The van der Waals surface area contributed by atoms with Crippen molar-refractivity contribution in [2.24, 2.45) is 0 Å². The number of fused-ring (bicyclic) bond motifs is 1. The van der Waals surface area contributed by atoms with Crippen molar-refractivity contribution in [1.29, 1.82) is 0 Å². The summed E-state index contributed by atoms with van der Waals surface area (Å²) in [6.45, 7) is 3.35. The number of halogens is 1. The molecule has 3 rings (SSSR count). The first-order chi connectivity index (χ1) is 14.5. The molecule has 2 aromatic carbocycles. The number of anilines is 1. The van der Waals surface area contributed by atoms with Gasteiger partial charge in [0.05, 0.1) is 25.1 Å². The van der Waals surface area contributed by atoms with Gasteiger partial charge in [-0.3, -0.25) is 0 Å². The fourth-order valence-electron chi connectivity index (χ4n) is 3.57. The summed E-state index contributed by atoms with van der Waals surface area (Å²) < 4.78 is 26.3. The van der Waals surface area contributed by atoms with Crippen LogP contribution >= 0.6 is 0 Å². The van der Waals surface area contributed by atoms with Gasteiger partial charge in [0.2, 0.25) is 0 Å². The van der Waals surface area contributed by atoms with Crippen molar-refractivity contribution < 1.29 is 28.3 Å². The fourth-order valence-corrected chi connectivity index (χ4v) is 3.57. The molecule has 2 aromatic rings. The highest BCUT2D eigenvalue weighted by Crippen LogP contribution is 2.48. The number of rotatable bonds is 8. The molecular weight excluding hydrogens is 389 g/mol. The lowest BCUT2D eigenvalue weighted by atomic mass is 9.87. The number of aldehydes is 1. The highest BCUT2D eigenvalue weighted by atomic mass is 19.1. The van der Waals surface area contributed by atoms with Gasteiger partial charge in [-0.25, -0.2) is 9.18 Å². The second-order valence-corrected chi connectivity index (χ2v) is 6.70. The molecule has 0 bridgehead atoms. The summed E-state index contributed by atoms with van der Waals surface area (Å²) >= 11 is 0. The quantitative estimate of drug-likeness (QED) is 0.466. The zero-order chi connectivity index (χ0) is 21.7. The minimum absolute atomic E-state index is 0.131. The van der Waals surface area contributed by atoms with Crippen LogP contribution in [0.4, 0.5) is 10.1 Å². The number of hydrogen-bond donors (Lipinski definition) is 0. The van der Waals surface area contributed by atoms with E-state index in [4.69, 9.17) is 14.3 Å². The Balaban J connectivity index is 2.24. The molecule has 0 spiro atoms. The van der Waals surface area contributed by atoms with Crippen LogP contribution in [-0.2, 0) is 19.2 Å². The first-order valence-electron chi connectivity index (χ1n) is 9.71. The Morgan fingerprint density at radius 3 is 2.53 bits per heavy atom. The van der Waals surface area contributed by atoms with Gasteiger partial charge in [-0.15, -0.1) is 0 Å². The number of allylic oxidation sites excluding steroid dienone is 1. The van der Waals surface area contributed by atoms with Crippen LogP contribution in [0.3, 0.4) is 0 Å². The van der Waals surface area contributed by atoms with Crippen molar-refractivity contribution in [1.82, 2.24) is 0 Å². The number of ether oxygens (including phenoxy) is 2. The van der Waals surface area contributed by atoms with E-state index in [0.717, 1.165) is 11.8 Å². The topological polar surface area (TPSA) is 65.1 Å². The molecule has 0 aromatic heterocycles. The van der Waals surface area contributed by atoms with Crippen molar-refractivity contribution >= 4 is 23.5 Å². The monoisotopic (exact) mass is 413 g/mol. The summed E-state index contributed by atoms with van der Waals surface area (Å²) in [7, 11) is 1.58. The molecule has 0 N–H and O–H groups in total. The summed E-state index contributed by atoms with van der Waals surface area (Å²) in [5.74, 6) is -0.331. The average Bonchev–Trinajstić information content (AvgIpc) is 2.74. The highest BCUT2D eigenvalue weighted by molar-refractivity contribution is 5.83. The van der Waals surface area contributed by atoms with Crippen molar-refractivity contribution in [3.8, 4) is 5.75 Å². The predicted molar refractivity (Wildman–Crippen MR) is 110 cm³/mol. The SMILES string of the molecule is CCC1=C(c2ccc(OC)cc2)C(OCCC=O)c2c(F)cccc2N1OC(C)=O. The van der Waals surface area contributed by atoms with Gasteiger partial charge in [0.25, 0.3) is 0 Å². The molecule has 0 saturated heterocycles. The lowest BCUT2D eigenvalue weighted by Crippen LogP contribution is -2.33. The van der Waals surface area contributed by atoms with Gasteiger partial charge in [0.1, 0.15) is 24.0 Å². The second kappa shape index (κ2) is 9.54. The zero-order valence-corrected chi connectivity index (χ0v) is 17.2. The minimum atomic E-state index is -0.767. The second-order valence-electron chi connectivity index (χ2n) is 6.70. The van der Waals surface area contributed by atoms with Crippen LogP contribution in [0, 0.1) is 5.82 Å². The van der Waals surface area contributed by atoms with Gasteiger partial charge in [-0.1, -0.05) is 25.1 Å². The molecule has 1 aliphatic rings. The van der Waals surface area contributed by atoms with Gasteiger partial charge in [-0.2, -0.15) is 5.06 Å². The van der Waals surface area contributed by atoms with Gasteiger partial charge in [-0.05, 0) is 36.2 Å². The van der Waals surface area contributed by atoms with E-state index in [2.05, 4.69) is 0 Å². The van der Waals surface area contributed by atoms with Gasteiger partial charge < -0.3 is 19.1 Å². The maximum absolute atomic E-state index is 15.0. The first-order valence-corrected chi connectivity index (χ1v) is 9.71. The van der Waals surface area contributed by atoms with Crippen LogP contribution in [0.2, 0.25) is 0 Å². The summed E-state index contributed by atoms with van der Waals surface area (Å²) in [6, 6.07) is 11.9. The van der Waals surface area contributed by atoms with E-state index < -0.39 is 17.9 Å². The molecule has 0 fully saturated rings. The zero-order valence-electron chi connectivity index (χ0n) is 17.2.